The summed E-state index contributed by atoms with van der Waals surface area (Å²) in [5, 5.41) is 9.93. The van der Waals surface area contributed by atoms with Crippen LogP contribution in [0.25, 0.3) is 0 Å². The third-order valence-electron chi connectivity index (χ3n) is 3.37. The predicted molar refractivity (Wildman–Crippen MR) is 64.1 cm³/mol. The van der Waals surface area contributed by atoms with Crippen LogP contribution in [0.4, 0.5) is 0 Å². The van der Waals surface area contributed by atoms with Crippen molar-refractivity contribution in [1.29, 1.82) is 0 Å². The second kappa shape index (κ2) is 5.83. The van der Waals surface area contributed by atoms with Crippen molar-refractivity contribution in [1.82, 2.24) is 9.80 Å². The SMILES string of the molecule is CCC(C)(O)CN(C)CCN1CCCC1. The van der Waals surface area contributed by atoms with E-state index in [1.54, 1.807) is 0 Å². The number of likely N-dealkylation sites (N-methyl/N-ethyl adjacent to an activating group) is 1. The van der Waals surface area contributed by atoms with E-state index in [9.17, 15) is 5.11 Å². The van der Waals surface area contributed by atoms with E-state index in [-0.39, 0.29) is 0 Å². The topological polar surface area (TPSA) is 26.7 Å². The first kappa shape index (κ1) is 12.9. The van der Waals surface area contributed by atoms with Crippen molar-refractivity contribution in [3.63, 3.8) is 0 Å². The van der Waals surface area contributed by atoms with Crippen LogP contribution in [0.2, 0.25) is 0 Å². The molecule has 1 heterocycles. The molecule has 3 heteroatoms. The van der Waals surface area contributed by atoms with Gasteiger partial charge in [0.15, 0.2) is 0 Å². The number of aliphatic hydroxyl groups is 1. The van der Waals surface area contributed by atoms with E-state index in [1.165, 1.54) is 25.9 Å². The average molecular weight is 214 g/mol. The van der Waals surface area contributed by atoms with Gasteiger partial charge in [-0.15, -0.1) is 0 Å². The van der Waals surface area contributed by atoms with Crippen molar-refractivity contribution >= 4 is 0 Å². The Bertz CT molecular complexity index is 176. The molecule has 1 saturated heterocycles. The van der Waals surface area contributed by atoms with Crippen LogP contribution in [0.15, 0.2) is 0 Å². The minimum atomic E-state index is -0.528. The highest BCUT2D eigenvalue weighted by molar-refractivity contribution is 4.75. The van der Waals surface area contributed by atoms with Gasteiger partial charge in [-0.1, -0.05) is 6.92 Å². The Hall–Kier alpha value is -0.120. The molecule has 15 heavy (non-hydrogen) atoms. The highest BCUT2D eigenvalue weighted by atomic mass is 16.3. The fraction of sp³-hybridized carbons (Fsp3) is 1.00. The highest BCUT2D eigenvalue weighted by Gasteiger charge is 2.20. The summed E-state index contributed by atoms with van der Waals surface area (Å²) in [6.07, 6.45) is 3.54. The molecule has 1 rings (SSSR count). The second-order valence-electron chi connectivity index (χ2n) is 5.14. The molecule has 0 aromatic rings. The highest BCUT2D eigenvalue weighted by Crippen LogP contribution is 2.10. The Morgan fingerprint density at radius 3 is 2.47 bits per heavy atom. The van der Waals surface area contributed by atoms with Gasteiger partial charge in [0.25, 0.3) is 0 Å². The summed E-state index contributed by atoms with van der Waals surface area (Å²) in [5.74, 6) is 0. The predicted octanol–water partition coefficient (Wildman–Crippen LogP) is 1.18. The average Bonchev–Trinajstić information content (AvgIpc) is 2.66. The molecular formula is C12H26N2O. The summed E-state index contributed by atoms with van der Waals surface area (Å²) in [6.45, 7) is 9.47. The van der Waals surface area contributed by atoms with Gasteiger partial charge >= 0.3 is 0 Å². The molecular weight excluding hydrogens is 188 g/mol. The number of hydrogen-bond acceptors (Lipinski definition) is 3. The molecule has 0 radical (unpaired) electrons. The van der Waals surface area contributed by atoms with Crippen LogP contribution in [0.3, 0.4) is 0 Å². The van der Waals surface area contributed by atoms with Crippen LogP contribution in [0.1, 0.15) is 33.1 Å². The van der Waals surface area contributed by atoms with Gasteiger partial charge in [-0.25, -0.2) is 0 Å². The maximum Gasteiger partial charge on any atom is 0.0743 e. The molecule has 1 atom stereocenters. The second-order valence-corrected chi connectivity index (χ2v) is 5.14. The number of nitrogens with zero attached hydrogens (tertiary/aromatic N) is 2. The van der Waals surface area contributed by atoms with Gasteiger partial charge in [0, 0.05) is 19.6 Å². The Balaban J connectivity index is 2.15. The van der Waals surface area contributed by atoms with Crippen LogP contribution in [-0.4, -0.2) is 60.3 Å². The summed E-state index contributed by atoms with van der Waals surface area (Å²) >= 11 is 0. The van der Waals surface area contributed by atoms with Crippen LogP contribution >= 0.6 is 0 Å². The standard InChI is InChI=1S/C12H26N2O/c1-4-12(2,15)11-13(3)9-10-14-7-5-6-8-14/h15H,4-11H2,1-3H3. The summed E-state index contributed by atoms with van der Waals surface area (Å²) in [6, 6.07) is 0. The van der Waals surface area contributed by atoms with Gasteiger partial charge in [-0.05, 0) is 46.3 Å². The molecule has 0 aromatic heterocycles. The maximum absolute atomic E-state index is 9.93. The summed E-state index contributed by atoms with van der Waals surface area (Å²) < 4.78 is 0. The largest absolute Gasteiger partial charge is 0.389 e. The summed E-state index contributed by atoms with van der Waals surface area (Å²) in [7, 11) is 2.10. The van der Waals surface area contributed by atoms with E-state index < -0.39 is 5.60 Å². The smallest absolute Gasteiger partial charge is 0.0743 e. The fourth-order valence-electron chi connectivity index (χ4n) is 2.09. The van der Waals surface area contributed by atoms with E-state index >= 15 is 0 Å². The van der Waals surface area contributed by atoms with Crippen molar-refractivity contribution < 1.29 is 5.11 Å². The zero-order chi connectivity index (χ0) is 11.3. The van der Waals surface area contributed by atoms with Gasteiger partial charge in [0.05, 0.1) is 5.60 Å². The lowest BCUT2D eigenvalue weighted by atomic mass is 10.0. The molecule has 0 aromatic carbocycles. The molecule has 0 spiro atoms. The third-order valence-corrected chi connectivity index (χ3v) is 3.37. The van der Waals surface area contributed by atoms with Crippen LogP contribution in [0, 0.1) is 0 Å². The lowest BCUT2D eigenvalue weighted by Gasteiger charge is -2.29. The van der Waals surface area contributed by atoms with Crippen LogP contribution < -0.4 is 0 Å². The first-order valence-corrected chi connectivity index (χ1v) is 6.17. The zero-order valence-electron chi connectivity index (χ0n) is 10.5. The maximum atomic E-state index is 9.93. The molecule has 0 aliphatic carbocycles. The Morgan fingerprint density at radius 2 is 1.93 bits per heavy atom. The van der Waals surface area contributed by atoms with Crippen LogP contribution in [-0.2, 0) is 0 Å². The molecule has 1 fully saturated rings. The van der Waals surface area contributed by atoms with E-state index in [0.29, 0.717) is 0 Å². The molecule has 3 nitrogen and oxygen atoms in total. The lowest BCUT2D eigenvalue weighted by Crippen LogP contribution is -2.41. The van der Waals surface area contributed by atoms with Crippen molar-refractivity contribution in [2.24, 2.45) is 0 Å². The zero-order valence-corrected chi connectivity index (χ0v) is 10.5. The molecule has 0 saturated carbocycles. The van der Waals surface area contributed by atoms with E-state index in [0.717, 1.165) is 26.1 Å². The quantitative estimate of drug-likeness (QED) is 0.719. The van der Waals surface area contributed by atoms with Crippen molar-refractivity contribution in [3.05, 3.63) is 0 Å². The molecule has 0 amide bonds. The van der Waals surface area contributed by atoms with Crippen molar-refractivity contribution in [2.75, 3.05) is 39.8 Å². The fourth-order valence-corrected chi connectivity index (χ4v) is 2.09. The van der Waals surface area contributed by atoms with Crippen molar-refractivity contribution in [2.45, 2.75) is 38.7 Å². The Labute approximate surface area is 94.1 Å². The van der Waals surface area contributed by atoms with Gasteiger partial charge < -0.3 is 14.9 Å². The molecule has 1 unspecified atom stereocenters. The number of likely N-dealkylation sites (tertiary alicyclic amines) is 1. The first-order chi connectivity index (χ1) is 7.03. The first-order valence-electron chi connectivity index (χ1n) is 6.17. The monoisotopic (exact) mass is 214 g/mol. The van der Waals surface area contributed by atoms with E-state index in [1.807, 2.05) is 13.8 Å². The van der Waals surface area contributed by atoms with E-state index in [2.05, 4.69) is 16.8 Å². The Morgan fingerprint density at radius 1 is 1.33 bits per heavy atom. The minimum absolute atomic E-state index is 0.528. The normalized spacial score (nSPS) is 22.2. The van der Waals surface area contributed by atoms with E-state index in [4.69, 9.17) is 0 Å². The molecule has 90 valence electrons. The van der Waals surface area contributed by atoms with Crippen LogP contribution in [0.5, 0.6) is 0 Å². The summed E-state index contributed by atoms with van der Waals surface area (Å²) in [4.78, 5) is 4.75. The van der Waals surface area contributed by atoms with Gasteiger partial charge in [0.2, 0.25) is 0 Å². The molecule has 1 aliphatic rings. The Kier molecular flexibility index (Phi) is 5.03. The molecule has 1 aliphatic heterocycles. The minimum Gasteiger partial charge on any atom is -0.389 e. The third kappa shape index (κ3) is 4.96. The molecule has 1 N–H and O–H groups in total. The van der Waals surface area contributed by atoms with Gasteiger partial charge in [-0.3, -0.25) is 0 Å². The van der Waals surface area contributed by atoms with Gasteiger partial charge in [0.1, 0.15) is 0 Å². The lowest BCUT2D eigenvalue weighted by molar-refractivity contribution is 0.0220. The van der Waals surface area contributed by atoms with Crippen molar-refractivity contribution in [3.8, 4) is 0 Å². The molecule has 0 bridgehead atoms. The number of rotatable bonds is 6. The summed E-state index contributed by atoms with van der Waals surface area (Å²) in [5.41, 5.74) is -0.528. The number of hydrogen-bond donors (Lipinski definition) is 1. The van der Waals surface area contributed by atoms with Gasteiger partial charge in [-0.2, -0.15) is 0 Å².